The maximum Gasteiger partial charge on any atom is 0.244 e. The molecule has 1 amide bonds. The maximum absolute atomic E-state index is 13.4. The molecule has 1 aliphatic heterocycles. The van der Waals surface area contributed by atoms with Crippen molar-refractivity contribution in [1.82, 2.24) is 15.1 Å². The fourth-order valence-electron chi connectivity index (χ4n) is 3.40. The number of guanidine groups is 1. The number of fused-ring (bicyclic) bond motifs is 1. The van der Waals surface area contributed by atoms with Gasteiger partial charge in [0.15, 0.2) is 5.96 Å². The minimum atomic E-state index is -0.256. The monoisotopic (exact) mass is 510 g/mol. The van der Waals surface area contributed by atoms with Crippen LogP contribution in [0.4, 0.5) is 4.39 Å². The largest absolute Gasteiger partial charge is 0.357 e. The average molecular weight is 510 g/mol. The van der Waals surface area contributed by atoms with Crippen LogP contribution in [0.1, 0.15) is 23.6 Å². The molecule has 156 valence electrons. The number of carbonyl (C=O) groups excluding carboxylic acids is 1. The van der Waals surface area contributed by atoms with E-state index in [1.165, 1.54) is 23.3 Å². The summed E-state index contributed by atoms with van der Waals surface area (Å²) in [4.78, 5) is 20.9. The minimum absolute atomic E-state index is 0. The van der Waals surface area contributed by atoms with Crippen molar-refractivity contribution in [2.24, 2.45) is 4.99 Å². The summed E-state index contributed by atoms with van der Waals surface area (Å²) in [6.07, 6.45) is 0.880. The lowest BCUT2D eigenvalue weighted by Crippen LogP contribution is -2.41. The summed E-state index contributed by atoms with van der Waals surface area (Å²) in [5.41, 5.74) is 3.38. The third-order valence-electron chi connectivity index (χ3n) is 4.85. The van der Waals surface area contributed by atoms with Gasteiger partial charge in [0.25, 0.3) is 0 Å². The van der Waals surface area contributed by atoms with Crippen molar-refractivity contribution in [1.29, 1.82) is 0 Å². The molecule has 0 saturated heterocycles. The molecular weight excluding hydrogens is 482 g/mol. The highest BCUT2D eigenvalue weighted by atomic mass is 127. The Kier molecular flexibility index (Phi) is 8.88. The number of benzene rings is 2. The number of nitrogens with zero attached hydrogens (tertiary/aromatic N) is 3. The zero-order valence-electron chi connectivity index (χ0n) is 16.9. The molecule has 0 saturated carbocycles. The van der Waals surface area contributed by atoms with Crippen molar-refractivity contribution in [3.05, 3.63) is 71.0 Å². The quantitative estimate of drug-likeness (QED) is 0.381. The fourth-order valence-corrected chi connectivity index (χ4v) is 3.40. The predicted octanol–water partition coefficient (Wildman–Crippen LogP) is 3.43. The second-order valence-corrected chi connectivity index (χ2v) is 6.99. The number of hydrogen-bond acceptors (Lipinski definition) is 2. The minimum Gasteiger partial charge on any atom is -0.357 e. The molecule has 0 fully saturated rings. The number of aliphatic imine (C=N–C) groups is 1. The van der Waals surface area contributed by atoms with Crippen LogP contribution in [-0.4, -0.2) is 48.3 Å². The number of rotatable bonds is 5. The van der Waals surface area contributed by atoms with Crippen molar-refractivity contribution in [3.63, 3.8) is 0 Å². The van der Waals surface area contributed by atoms with Gasteiger partial charge in [-0.05, 0) is 42.2 Å². The Bertz CT molecular complexity index is 858. The zero-order valence-corrected chi connectivity index (χ0v) is 19.2. The van der Waals surface area contributed by atoms with Crippen molar-refractivity contribution >= 4 is 35.8 Å². The summed E-state index contributed by atoms with van der Waals surface area (Å²) in [7, 11) is 1.88. The molecule has 1 heterocycles. The number of halogens is 2. The van der Waals surface area contributed by atoms with Gasteiger partial charge in [0.1, 0.15) is 12.4 Å². The van der Waals surface area contributed by atoms with Crippen molar-refractivity contribution in [3.8, 4) is 0 Å². The first-order valence-corrected chi connectivity index (χ1v) is 9.65. The highest BCUT2D eigenvalue weighted by Crippen LogP contribution is 2.18. The summed E-state index contributed by atoms with van der Waals surface area (Å²) in [6.45, 7) is 4.64. The van der Waals surface area contributed by atoms with E-state index in [0.717, 1.165) is 18.5 Å². The first-order valence-electron chi connectivity index (χ1n) is 9.65. The molecule has 29 heavy (non-hydrogen) atoms. The smallest absolute Gasteiger partial charge is 0.244 e. The van der Waals surface area contributed by atoms with Gasteiger partial charge in [0.2, 0.25) is 5.91 Å². The molecule has 2 aromatic carbocycles. The van der Waals surface area contributed by atoms with Crippen LogP contribution in [-0.2, 0) is 24.3 Å². The first kappa shape index (κ1) is 23.1. The molecule has 5 nitrogen and oxygen atoms in total. The van der Waals surface area contributed by atoms with Gasteiger partial charge in [-0.3, -0.25) is 4.79 Å². The Hall–Kier alpha value is -2.16. The molecule has 2 aromatic rings. The molecule has 0 aromatic heterocycles. The maximum atomic E-state index is 13.4. The van der Waals surface area contributed by atoms with E-state index in [1.807, 2.05) is 42.0 Å². The lowest BCUT2D eigenvalue weighted by atomic mass is 10.00. The van der Waals surface area contributed by atoms with E-state index in [-0.39, 0.29) is 42.2 Å². The molecule has 0 radical (unpaired) electrons. The first-order chi connectivity index (χ1) is 13.6. The summed E-state index contributed by atoms with van der Waals surface area (Å²) < 4.78 is 13.4. The van der Waals surface area contributed by atoms with Gasteiger partial charge < -0.3 is 15.1 Å². The van der Waals surface area contributed by atoms with Gasteiger partial charge in [-0.25, -0.2) is 9.38 Å². The van der Waals surface area contributed by atoms with Gasteiger partial charge in [0, 0.05) is 33.2 Å². The third kappa shape index (κ3) is 6.42. The lowest BCUT2D eigenvalue weighted by Gasteiger charge is -2.29. The Morgan fingerprint density at radius 1 is 1.21 bits per heavy atom. The van der Waals surface area contributed by atoms with E-state index >= 15 is 0 Å². The van der Waals surface area contributed by atoms with Crippen LogP contribution < -0.4 is 5.32 Å². The molecule has 0 atom stereocenters. The van der Waals surface area contributed by atoms with Gasteiger partial charge in [-0.2, -0.15) is 0 Å². The van der Waals surface area contributed by atoms with Gasteiger partial charge >= 0.3 is 0 Å². The van der Waals surface area contributed by atoms with Crippen LogP contribution in [0, 0.1) is 5.82 Å². The second-order valence-electron chi connectivity index (χ2n) is 6.99. The molecular formula is C22H28FIN4O. The van der Waals surface area contributed by atoms with E-state index in [2.05, 4.69) is 22.4 Å². The van der Waals surface area contributed by atoms with Crippen LogP contribution in [0.15, 0.2) is 53.5 Å². The molecule has 0 aliphatic carbocycles. The van der Waals surface area contributed by atoms with E-state index in [9.17, 15) is 9.18 Å². The summed E-state index contributed by atoms with van der Waals surface area (Å²) in [5, 5.41) is 3.20. The van der Waals surface area contributed by atoms with Crippen molar-refractivity contribution in [2.45, 2.75) is 26.4 Å². The number of amides is 1. The molecule has 0 spiro atoms. The van der Waals surface area contributed by atoms with E-state index in [1.54, 1.807) is 6.07 Å². The number of nitrogens with one attached hydrogen (secondary N) is 1. The molecule has 3 rings (SSSR count). The van der Waals surface area contributed by atoms with Crippen molar-refractivity contribution < 1.29 is 9.18 Å². The van der Waals surface area contributed by atoms with Crippen LogP contribution in [0.5, 0.6) is 0 Å². The standard InChI is InChI=1S/C22H27FN4O.HI/c1-3-24-22(26(2)15-17-7-6-10-20(23)13-17)25-14-21(28)27-12-11-18-8-4-5-9-19(18)16-27;/h4-10,13H,3,11-12,14-16H2,1-2H3,(H,24,25);1H. The molecule has 1 aliphatic rings. The Morgan fingerprint density at radius 3 is 2.69 bits per heavy atom. The summed E-state index contributed by atoms with van der Waals surface area (Å²) in [5.74, 6) is 0.398. The van der Waals surface area contributed by atoms with Gasteiger partial charge in [-0.15, -0.1) is 24.0 Å². The zero-order chi connectivity index (χ0) is 19.9. The highest BCUT2D eigenvalue weighted by molar-refractivity contribution is 14.0. The van der Waals surface area contributed by atoms with Crippen LogP contribution in [0.2, 0.25) is 0 Å². The van der Waals surface area contributed by atoms with Crippen LogP contribution in [0.25, 0.3) is 0 Å². The Balaban J connectivity index is 0.00000300. The Morgan fingerprint density at radius 2 is 1.97 bits per heavy atom. The predicted molar refractivity (Wildman–Crippen MR) is 125 cm³/mol. The molecule has 1 N–H and O–H groups in total. The number of hydrogen-bond donors (Lipinski definition) is 1. The number of carbonyl (C=O) groups is 1. The topological polar surface area (TPSA) is 47.9 Å². The third-order valence-corrected chi connectivity index (χ3v) is 4.85. The van der Waals surface area contributed by atoms with Crippen LogP contribution in [0.3, 0.4) is 0 Å². The SMILES string of the molecule is CCNC(=NCC(=O)N1CCc2ccccc2C1)N(C)Cc1cccc(F)c1.I. The normalized spacial score (nSPS) is 13.3. The molecule has 0 unspecified atom stereocenters. The van der Waals surface area contributed by atoms with Gasteiger partial charge in [0.05, 0.1) is 0 Å². The van der Waals surface area contributed by atoms with E-state index in [4.69, 9.17) is 0 Å². The highest BCUT2D eigenvalue weighted by Gasteiger charge is 2.20. The van der Waals surface area contributed by atoms with E-state index in [0.29, 0.717) is 25.6 Å². The van der Waals surface area contributed by atoms with Crippen LogP contribution >= 0.6 is 24.0 Å². The fraction of sp³-hybridized carbons (Fsp3) is 0.364. The lowest BCUT2D eigenvalue weighted by molar-refractivity contribution is -0.130. The summed E-state index contributed by atoms with van der Waals surface area (Å²) in [6, 6.07) is 14.8. The average Bonchev–Trinajstić information content (AvgIpc) is 2.70. The molecule has 7 heteroatoms. The molecule has 0 bridgehead atoms. The second kappa shape index (κ2) is 11.1. The Labute approximate surface area is 189 Å². The summed E-state index contributed by atoms with van der Waals surface area (Å²) >= 11 is 0. The van der Waals surface area contributed by atoms with Gasteiger partial charge in [-0.1, -0.05) is 36.4 Å². The van der Waals surface area contributed by atoms with Crippen molar-refractivity contribution in [2.75, 3.05) is 26.7 Å². The van der Waals surface area contributed by atoms with E-state index < -0.39 is 0 Å².